The lowest BCUT2D eigenvalue weighted by Crippen LogP contribution is -1.96. The van der Waals surface area contributed by atoms with Gasteiger partial charge >= 0.3 is 0 Å². The Hall–Kier alpha value is -1.69. The molecule has 0 atom stereocenters. The molecule has 0 fully saturated rings. The molecule has 1 aromatic rings. The second kappa shape index (κ2) is 3.81. The van der Waals surface area contributed by atoms with Gasteiger partial charge in [-0.25, -0.2) is 4.39 Å². The van der Waals surface area contributed by atoms with Crippen LogP contribution in [0.3, 0.4) is 0 Å². The average molecular weight is 176 g/mol. The second-order valence-corrected chi connectivity index (χ2v) is 2.62. The van der Waals surface area contributed by atoms with Crippen LogP contribution in [0.15, 0.2) is 23.2 Å². The lowest BCUT2D eigenvalue weighted by Gasteiger charge is -2.00. The fourth-order valence-corrected chi connectivity index (χ4v) is 0.965. The number of aliphatic imine (C=N–C) groups is 1. The number of benzene rings is 1. The summed E-state index contributed by atoms with van der Waals surface area (Å²) in [5.41, 5.74) is 1.62. The largest absolute Gasteiger partial charge is 0.293 e. The van der Waals surface area contributed by atoms with E-state index >= 15 is 0 Å². The van der Waals surface area contributed by atoms with Crippen LogP contribution >= 0.6 is 0 Å². The Labute approximate surface area is 76.3 Å². The van der Waals surface area contributed by atoms with Gasteiger partial charge in [-0.2, -0.15) is 5.26 Å². The number of rotatable bonds is 1. The van der Waals surface area contributed by atoms with Crippen LogP contribution in [0.1, 0.15) is 18.1 Å². The van der Waals surface area contributed by atoms with Crippen molar-refractivity contribution in [2.24, 2.45) is 4.99 Å². The van der Waals surface area contributed by atoms with E-state index in [1.54, 1.807) is 19.2 Å². The summed E-state index contributed by atoms with van der Waals surface area (Å²) in [7, 11) is 1.66. The number of hydrogen-bond acceptors (Lipinski definition) is 2. The number of nitriles is 1. The molecule has 0 aliphatic heterocycles. The molecule has 0 aliphatic rings. The summed E-state index contributed by atoms with van der Waals surface area (Å²) in [6, 6.07) is 6.17. The molecule has 0 N–H and O–H groups in total. The predicted molar refractivity (Wildman–Crippen MR) is 49.3 cm³/mol. The maximum atomic E-state index is 12.9. The van der Waals surface area contributed by atoms with E-state index in [1.807, 2.05) is 6.92 Å². The molecule has 0 bridgehead atoms. The Morgan fingerprint density at radius 2 is 2.23 bits per heavy atom. The SMILES string of the molecule is CN=C(C)c1ccc(F)c(C#N)c1. The number of hydrogen-bond donors (Lipinski definition) is 0. The average Bonchev–Trinajstić information content (AvgIpc) is 2.17. The Morgan fingerprint density at radius 1 is 1.54 bits per heavy atom. The van der Waals surface area contributed by atoms with Crippen LogP contribution < -0.4 is 0 Å². The highest BCUT2D eigenvalue weighted by molar-refractivity contribution is 5.98. The van der Waals surface area contributed by atoms with E-state index in [0.717, 1.165) is 11.3 Å². The van der Waals surface area contributed by atoms with Crippen LogP contribution in [0, 0.1) is 17.1 Å². The van der Waals surface area contributed by atoms with Gasteiger partial charge in [0.25, 0.3) is 0 Å². The van der Waals surface area contributed by atoms with E-state index in [-0.39, 0.29) is 5.56 Å². The monoisotopic (exact) mass is 176 g/mol. The molecule has 0 heterocycles. The van der Waals surface area contributed by atoms with E-state index in [9.17, 15) is 4.39 Å². The molecular weight excluding hydrogens is 167 g/mol. The predicted octanol–water partition coefficient (Wildman–Crippen LogP) is 2.14. The highest BCUT2D eigenvalue weighted by Crippen LogP contribution is 2.10. The summed E-state index contributed by atoms with van der Waals surface area (Å²) in [5, 5.41) is 8.57. The Kier molecular flexibility index (Phi) is 2.76. The first kappa shape index (κ1) is 9.40. The molecule has 0 unspecified atom stereocenters. The molecule has 0 radical (unpaired) electrons. The van der Waals surface area contributed by atoms with E-state index in [0.29, 0.717) is 0 Å². The highest BCUT2D eigenvalue weighted by Gasteiger charge is 2.03. The van der Waals surface area contributed by atoms with Gasteiger partial charge < -0.3 is 0 Å². The minimum Gasteiger partial charge on any atom is -0.293 e. The molecule has 0 aromatic heterocycles. The molecule has 66 valence electrons. The van der Waals surface area contributed by atoms with Crippen molar-refractivity contribution in [3.05, 3.63) is 35.1 Å². The Bertz CT molecular complexity index is 388. The zero-order chi connectivity index (χ0) is 9.84. The minimum absolute atomic E-state index is 0.0560. The van der Waals surface area contributed by atoms with Crippen molar-refractivity contribution in [1.29, 1.82) is 5.26 Å². The van der Waals surface area contributed by atoms with E-state index in [4.69, 9.17) is 5.26 Å². The maximum Gasteiger partial charge on any atom is 0.140 e. The fraction of sp³-hybridized carbons (Fsp3) is 0.200. The van der Waals surface area contributed by atoms with Gasteiger partial charge in [-0.05, 0) is 24.6 Å². The van der Waals surface area contributed by atoms with Crippen LogP contribution in [-0.4, -0.2) is 12.8 Å². The Balaban J connectivity index is 3.23. The van der Waals surface area contributed by atoms with Gasteiger partial charge in [0.15, 0.2) is 0 Å². The van der Waals surface area contributed by atoms with Crippen molar-refractivity contribution in [2.45, 2.75) is 6.92 Å². The van der Waals surface area contributed by atoms with Crippen molar-refractivity contribution < 1.29 is 4.39 Å². The van der Waals surface area contributed by atoms with Crippen molar-refractivity contribution in [3.8, 4) is 6.07 Å². The van der Waals surface area contributed by atoms with Gasteiger partial charge in [0.2, 0.25) is 0 Å². The summed E-state index contributed by atoms with van der Waals surface area (Å²) >= 11 is 0. The van der Waals surface area contributed by atoms with E-state index < -0.39 is 5.82 Å². The molecule has 1 aromatic carbocycles. The first-order valence-electron chi connectivity index (χ1n) is 3.82. The molecule has 1 rings (SSSR count). The van der Waals surface area contributed by atoms with Gasteiger partial charge in [-0.3, -0.25) is 4.99 Å². The zero-order valence-electron chi connectivity index (χ0n) is 7.50. The normalized spacial score (nSPS) is 11.1. The first-order valence-corrected chi connectivity index (χ1v) is 3.82. The van der Waals surface area contributed by atoms with Crippen LogP contribution in [0.4, 0.5) is 4.39 Å². The maximum absolute atomic E-state index is 12.9. The first-order chi connectivity index (χ1) is 6.19. The smallest absolute Gasteiger partial charge is 0.140 e. The summed E-state index contributed by atoms with van der Waals surface area (Å²) in [6.45, 7) is 1.81. The molecule has 0 saturated heterocycles. The standard InChI is InChI=1S/C10H9FN2/c1-7(13-2)8-3-4-10(11)9(5-8)6-12/h3-5H,1-2H3. The molecule has 2 nitrogen and oxygen atoms in total. The molecule has 0 aliphatic carbocycles. The molecular formula is C10H9FN2. The fourth-order valence-electron chi connectivity index (χ4n) is 0.965. The van der Waals surface area contributed by atoms with Gasteiger partial charge in [-0.1, -0.05) is 6.07 Å². The molecule has 3 heteroatoms. The lowest BCUT2D eigenvalue weighted by atomic mass is 10.1. The van der Waals surface area contributed by atoms with Crippen LogP contribution in [0.2, 0.25) is 0 Å². The van der Waals surface area contributed by atoms with Crippen LogP contribution in [0.25, 0.3) is 0 Å². The summed E-state index contributed by atoms with van der Waals surface area (Å²) in [4.78, 5) is 3.95. The molecule has 13 heavy (non-hydrogen) atoms. The van der Waals surface area contributed by atoms with Crippen molar-refractivity contribution in [3.63, 3.8) is 0 Å². The van der Waals surface area contributed by atoms with Crippen molar-refractivity contribution in [2.75, 3.05) is 7.05 Å². The summed E-state index contributed by atoms with van der Waals surface area (Å²) in [5.74, 6) is -0.491. The summed E-state index contributed by atoms with van der Waals surface area (Å²) in [6.07, 6.45) is 0. The van der Waals surface area contributed by atoms with Gasteiger partial charge in [0, 0.05) is 12.8 Å². The molecule has 0 amide bonds. The third-order valence-electron chi connectivity index (χ3n) is 1.84. The quantitative estimate of drug-likeness (QED) is 0.604. The topological polar surface area (TPSA) is 36.1 Å². The zero-order valence-corrected chi connectivity index (χ0v) is 7.50. The molecule has 0 saturated carbocycles. The second-order valence-electron chi connectivity index (χ2n) is 2.62. The Morgan fingerprint density at radius 3 is 2.77 bits per heavy atom. The van der Waals surface area contributed by atoms with Crippen molar-refractivity contribution in [1.82, 2.24) is 0 Å². The number of nitrogens with zero attached hydrogens (tertiary/aromatic N) is 2. The van der Waals surface area contributed by atoms with Gasteiger partial charge in [0.1, 0.15) is 11.9 Å². The highest BCUT2D eigenvalue weighted by atomic mass is 19.1. The van der Waals surface area contributed by atoms with Gasteiger partial charge in [-0.15, -0.1) is 0 Å². The van der Waals surface area contributed by atoms with E-state index in [1.165, 1.54) is 12.1 Å². The number of halogens is 1. The third-order valence-corrected chi connectivity index (χ3v) is 1.84. The molecule has 0 spiro atoms. The van der Waals surface area contributed by atoms with Crippen LogP contribution in [-0.2, 0) is 0 Å². The van der Waals surface area contributed by atoms with Gasteiger partial charge in [0.05, 0.1) is 5.56 Å². The van der Waals surface area contributed by atoms with Crippen LogP contribution in [0.5, 0.6) is 0 Å². The minimum atomic E-state index is -0.491. The third kappa shape index (κ3) is 1.91. The van der Waals surface area contributed by atoms with E-state index in [2.05, 4.69) is 4.99 Å². The van der Waals surface area contributed by atoms with Crippen molar-refractivity contribution >= 4 is 5.71 Å². The lowest BCUT2D eigenvalue weighted by molar-refractivity contribution is 0.624. The summed E-state index contributed by atoms with van der Waals surface area (Å²) < 4.78 is 12.9.